The molecule has 1 fully saturated rings. The lowest BCUT2D eigenvalue weighted by Crippen LogP contribution is -2.43. The molecular weight excluding hydrogens is 346 g/mol. The molecule has 2 aliphatic rings. The molecular formula is C15H21N5O2S2. The molecule has 0 bridgehead atoms. The van der Waals surface area contributed by atoms with E-state index in [-0.39, 0.29) is 11.3 Å². The molecule has 1 N–H and O–H groups in total. The Morgan fingerprint density at radius 1 is 1.42 bits per heavy atom. The van der Waals surface area contributed by atoms with Gasteiger partial charge in [0.1, 0.15) is 0 Å². The summed E-state index contributed by atoms with van der Waals surface area (Å²) >= 11 is 1.67. The van der Waals surface area contributed by atoms with Crippen molar-refractivity contribution in [1.82, 2.24) is 24.4 Å². The van der Waals surface area contributed by atoms with Gasteiger partial charge in [-0.25, -0.2) is 18.1 Å². The van der Waals surface area contributed by atoms with Gasteiger partial charge < -0.3 is 0 Å². The van der Waals surface area contributed by atoms with Crippen molar-refractivity contribution in [3.05, 3.63) is 34.0 Å². The Balaban J connectivity index is 1.48. The summed E-state index contributed by atoms with van der Waals surface area (Å²) in [5.74, 6) is 0. The first-order valence-electron chi connectivity index (χ1n) is 8.15. The third kappa shape index (κ3) is 3.26. The van der Waals surface area contributed by atoms with Gasteiger partial charge in [-0.15, -0.1) is 11.3 Å². The van der Waals surface area contributed by atoms with Gasteiger partial charge in [-0.05, 0) is 25.8 Å². The Labute approximate surface area is 145 Å². The van der Waals surface area contributed by atoms with Crippen molar-refractivity contribution in [2.24, 2.45) is 0 Å². The van der Waals surface area contributed by atoms with Crippen molar-refractivity contribution in [2.45, 2.75) is 44.1 Å². The molecule has 9 heteroatoms. The van der Waals surface area contributed by atoms with Gasteiger partial charge in [0.25, 0.3) is 0 Å². The van der Waals surface area contributed by atoms with Gasteiger partial charge in [-0.1, -0.05) is 0 Å². The molecule has 7 nitrogen and oxygen atoms in total. The Morgan fingerprint density at radius 2 is 2.25 bits per heavy atom. The van der Waals surface area contributed by atoms with Crippen LogP contribution < -0.4 is 4.72 Å². The number of hydrogen-bond donors (Lipinski definition) is 1. The molecule has 2 aromatic heterocycles. The number of nitrogens with one attached hydrogen (secondary N) is 1. The molecule has 0 aromatic carbocycles. The molecule has 3 heterocycles. The van der Waals surface area contributed by atoms with Crippen molar-refractivity contribution >= 4 is 21.4 Å². The molecule has 1 aliphatic carbocycles. The molecule has 1 aliphatic heterocycles. The summed E-state index contributed by atoms with van der Waals surface area (Å²) < 4.78 is 29.0. The van der Waals surface area contributed by atoms with Crippen LogP contribution in [0, 0.1) is 6.92 Å². The first kappa shape index (κ1) is 16.2. The van der Waals surface area contributed by atoms with E-state index < -0.39 is 10.0 Å². The molecule has 0 saturated heterocycles. The van der Waals surface area contributed by atoms with E-state index in [1.165, 1.54) is 4.88 Å². The van der Waals surface area contributed by atoms with Crippen LogP contribution in [0.15, 0.2) is 17.8 Å². The number of sulfonamides is 1. The molecule has 1 saturated carbocycles. The zero-order valence-corrected chi connectivity index (χ0v) is 15.2. The monoisotopic (exact) mass is 367 g/mol. The first-order valence-corrected chi connectivity index (χ1v) is 10.6. The fourth-order valence-electron chi connectivity index (χ4n) is 3.13. The predicted molar refractivity (Wildman–Crippen MR) is 92.2 cm³/mol. The minimum Gasteiger partial charge on any atom is -0.290 e. The van der Waals surface area contributed by atoms with Gasteiger partial charge in [-0.3, -0.25) is 9.58 Å². The first-order chi connectivity index (χ1) is 11.5. The Kier molecular flexibility index (Phi) is 4.19. The Bertz CT molecular complexity index is 825. The van der Waals surface area contributed by atoms with Crippen molar-refractivity contribution < 1.29 is 8.42 Å². The highest BCUT2D eigenvalue weighted by atomic mass is 32.2. The Morgan fingerprint density at radius 3 is 2.96 bits per heavy atom. The van der Waals surface area contributed by atoms with Gasteiger partial charge >= 0.3 is 0 Å². The van der Waals surface area contributed by atoms with Crippen LogP contribution in [-0.2, 0) is 23.1 Å². The summed E-state index contributed by atoms with van der Waals surface area (Å²) in [7, 11) is -3.16. The molecule has 130 valence electrons. The minimum absolute atomic E-state index is 0.0190. The highest BCUT2D eigenvalue weighted by molar-refractivity contribution is 7.90. The number of thiazole rings is 1. The highest BCUT2D eigenvalue weighted by Crippen LogP contribution is 2.28. The molecule has 0 amide bonds. The second kappa shape index (κ2) is 6.21. The molecule has 0 radical (unpaired) electrons. The number of aromatic nitrogens is 3. The number of rotatable bonds is 6. The largest absolute Gasteiger partial charge is 0.290 e. The molecule has 1 atom stereocenters. The topological polar surface area (TPSA) is 80.1 Å². The number of hydrogen-bond acceptors (Lipinski definition) is 6. The van der Waals surface area contributed by atoms with Crippen LogP contribution >= 0.6 is 11.3 Å². The summed E-state index contributed by atoms with van der Waals surface area (Å²) in [6, 6.07) is 2.03. The Hall–Kier alpha value is -1.29. The zero-order valence-electron chi connectivity index (χ0n) is 13.6. The molecule has 0 unspecified atom stereocenters. The summed E-state index contributed by atoms with van der Waals surface area (Å²) in [6.07, 6.45) is 3.35. The van der Waals surface area contributed by atoms with E-state index in [0.29, 0.717) is 6.54 Å². The smallest absolute Gasteiger partial charge is 0.214 e. The average Bonchev–Trinajstić information content (AvgIpc) is 3.20. The van der Waals surface area contributed by atoms with Gasteiger partial charge in [0.05, 0.1) is 28.2 Å². The lowest BCUT2D eigenvalue weighted by Gasteiger charge is -2.33. The standard InChI is InChI=1S/C15H21N5O2S2/c1-11-15(23-10-16-11)9-19-7-12-4-5-17-20(12)13(8-19)6-18-24(21,22)14-2-3-14/h4-5,10,13-14,18H,2-3,6-9H2,1H3/t13-/m0/s1. The van der Waals surface area contributed by atoms with Crippen LogP contribution in [0.2, 0.25) is 0 Å². The maximum absolute atomic E-state index is 12.1. The molecule has 24 heavy (non-hydrogen) atoms. The van der Waals surface area contributed by atoms with Crippen molar-refractivity contribution in [3.8, 4) is 0 Å². The predicted octanol–water partition coefficient (Wildman–Crippen LogP) is 1.29. The van der Waals surface area contributed by atoms with Crippen LogP contribution in [0.3, 0.4) is 0 Å². The maximum atomic E-state index is 12.1. The fraction of sp³-hybridized carbons (Fsp3) is 0.600. The SMILES string of the molecule is Cc1ncsc1CN1Cc2ccnn2[C@@H](CNS(=O)(=O)C2CC2)C1. The van der Waals surface area contributed by atoms with E-state index in [2.05, 4.69) is 19.7 Å². The average molecular weight is 368 g/mol. The second-order valence-electron chi connectivity index (χ2n) is 6.54. The van der Waals surface area contributed by atoms with Crippen molar-refractivity contribution in [1.29, 1.82) is 0 Å². The maximum Gasteiger partial charge on any atom is 0.214 e. The number of nitrogens with zero attached hydrogens (tertiary/aromatic N) is 4. The van der Waals surface area contributed by atoms with E-state index in [1.54, 1.807) is 17.5 Å². The van der Waals surface area contributed by atoms with E-state index >= 15 is 0 Å². The number of fused-ring (bicyclic) bond motifs is 1. The summed E-state index contributed by atoms with van der Waals surface area (Å²) in [6.45, 7) is 4.86. The van der Waals surface area contributed by atoms with Crippen LogP contribution in [0.4, 0.5) is 0 Å². The second-order valence-corrected chi connectivity index (χ2v) is 9.53. The van der Waals surface area contributed by atoms with Crippen molar-refractivity contribution in [2.75, 3.05) is 13.1 Å². The number of aryl methyl sites for hydroxylation is 1. The van der Waals surface area contributed by atoms with Gasteiger partial charge in [0, 0.05) is 37.3 Å². The van der Waals surface area contributed by atoms with Crippen LogP contribution in [0.25, 0.3) is 0 Å². The van der Waals surface area contributed by atoms with Crippen LogP contribution in [-0.4, -0.2) is 46.4 Å². The van der Waals surface area contributed by atoms with Crippen molar-refractivity contribution in [3.63, 3.8) is 0 Å². The third-order valence-electron chi connectivity index (χ3n) is 4.65. The van der Waals surface area contributed by atoms with Gasteiger partial charge in [0.15, 0.2) is 0 Å². The summed E-state index contributed by atoms with van der Waals surface area (Å²) in [4.78, 5) is 7.92. The van der Waals surface area contributed by atoms with Gasteiger partial charge in [-0.2, -0.15) is 5.10 Å². The molecule has 0 spiro atoms. The molecule has 4 rings (SSSR count). The molecule has 2 aromatic rings. The highest BCUT2D eigenvalue weighted by Gasteiger charge is 2.36. The van der Waals surface area contributed by atoms with Crippen LogP contribution in [0.1, 0.15) is 35.1 Å². The minimum atomic E-state index is -3.16. The normalized spacial score (nSPS) is 21.8. The lowest BCUT2D eigenvalue weighted by atomic mass is 10.2. The summed E-state index contributed by atoms with van der Waals surface area (Å²) in [5.41, 5.74) is 4.07. The van der Waals surface area contributed by atoms with E-state index in [9.17, 15) is 8.42 Å². The summed E-state index contributed by atoms with van der Waals surface area (Å²) in [5, 5.41) is 4.21. The quantitative estimate of drug-likeness (QED) is 0.832. The third-order valence-corrected chi connectivity index (χ3v) is 7.49. The van der Waals surface area contributed by atoms with E-state index in [1.807, 2.05) is 23.2 Å². The van der Waals surface area contributed by atoms with Crippen LogP contribution in [0.5, 0.6) is 0 Å². The van der Waals surface area contributed by atoms with E-state index in [0.717, 1.165) is 43.9 Å². The zero-order chi connectivity index (χ0) is 16.7. The lowest BCUT2D eigenvalue weighted by molar-refractivity contribution is 0.169. The van der Waals surface area contributed by atoms with E-state index in [4.69, 9.17) is 0 Å². The fourth-order valence-corrected chi connectivity index (χ4v) is 5.36. The van der Waals surface area contributed by atoms with Gasteiger partial charge in [0.2, 0.25) is 10.0 Å².